The first kappa shape index (κ1) is 10.6. The van der Waals surface area contributed by atoms with Crippen molar-refractivity contribution < 1.29 is 9.47 Å². The third-order valence-electron chi connectivity index (χ3n) is 1.59. The van der Waals surface area contributed by atoms with E-state index in [1.807, 2.05) is 0 Å². The lowest BCUT2D eigenvalue weighted by Gasteiger charge is -2.09. The maximum atomic E-state index is 5.91. The topological polar surface area (TPSA) is 18.5 Å². The van der Waals surface area contributed by atoms with Crippen LogP contribution in [0.25, 0.3) is 0 Å². The molecule has 0 aliphatic carbocycles. The molecule has 0 fully saturated rings. The van der Waals surface area contributed by atoms with Crippen LogP contribution in [0.1, 0.15) is 5.56 Å². The molecule has 72 valence electrons. The molecular weight excluding hydrogens is 211 g/mol. The third kappa shape index (κ3) is 2.50. The molecule has 0 radical (unpaired) electrons. The van der Waals surface area contributed by atoms with Gasteiger partial charge in [-0.3, -0.25) is 0 Å². The summed E-state index contributed by atoms with van der Waals surface area (Å²) in [5.41, 5.74) is 0.850. The van der Waals surface area contributed by atoms with Gasteiger partial charge in [0.15, 0.2) is 0 Å². The highest BCUT2D eigenvalue weighted by molar-refractivity contribution is 6.35. The quantitative estimate of drug-likeness (QED) is 0.780. The highest BCUT2D eigenvalue weighted by atomic mass is 35.5. The lowest BCUT2D eigenvalue weighted by Crippen LogP contribution is -1.94. The lowest BCUT2D eigenvalue weighted by atomic mass is 10.2. The van der Waals surface area contributed by atoms with Crippen molar-refractivity contribution in [2.24, 2.45) is 0 Å². The molecule has 2 nitrogen and oxygen atoms in total. The van der Waals surface area contributed by atoms with E-state index in [1.165, 1.54) is 0 Å². The summed E-state index contributed by atoms with van der Waals surface area (Å²) in [6.45, 7) is 0.434. The maximum absolute atomic E-state index is 5.91. The molecule has 0 aromatic heterocycles. The fourth-order valence-electron chi connectivity index (χ4n) is 1.10. The van der Waals surface area contributed by atoms with E-state index in [2.05, 4.69) is 0 Å². The van der Waals surface area contributed by atoms with Crippen molar-refractivity contribution in [3.05, 3.63) is 27.7 Å². The standard InChI is InChI=1S/C9H10Cl2O2/c1-12-5-6-3-7(10)4-8(11)9(6)13-2/h3-4H,5H2,1-2H3. The minimum atomic E-state index is 0.434. The Morgan fingerprint density at radius 3 is 2.46 bits per heavy atom. The molecule has 1 rings (SSSR count). The second kappa shape index (κ2) is 4.70. The molecule has 0 saturated heterocycles. The van der Waals surface area contributed by atoms with Crippen molar-refractivity contribution in [2.45, 2.75) is 6.61 Å². The Labute approximate surface area is 87.4 Å². The Morgan fingerprint density at radius 2 is 1.92 bits per heavy atom. The first-order chi connectivity index (χ1) is 6.19. The van der Waals surface area contributed by atoms with Crippen molar-refractivity contribution >= 4 is 23.2 Å². The Hall–Kier alpha value is -0.440. The minimum Gasteiger partial charge on any atom is -0.495 e. The van der Waals surface area contributed by atoms with Crippen LogP contribution in [0.2, 0.25) is 10.0 Å². The summed E-state index contributed by atoms with van der Waals surface area (Å²) in [6.07, 6.45) is 0. The van der Waals surface area contributed by atoms with Crippen molar-refractivity contribution in [1.82, 2.24) is 0 Å². The van der Waals surface area contributed by atoms with Crippen LogP contribution in [-0.4, -0.2) is 14.2 Å². The molecule has 0 heterocycles. The van der Waals surface area contributed by atoms with Crippen molar-refractivity contribution in [2.75, 3.05) is 14.2 Å². The predicted octanol–water partition coefficient (Wildman–Crippen LogP) is 3.15. The summed E-state index contributed by atoms with van der Waals surface area (Å²) >= 11 is 11.7. The van der Waals surface area contributed by atoms with E-state index in [0.29, 0.717) is 22.4 Å². The van der Waals surface area contributed by atoms with Gasteiger partial charge in [0, 0.05) is 17.7 Å². The first-order valence-electron chi connectivity index (χ1n) is 3.70. The van der Waals surface area contributed by atoms with Gasteiger partial charge in [0.1, 0.15) is 5.75 Å². The van der Waals surface area contributed by atoms with Crippen molar-refractivity contribution in [1.29, 1.82) is 0 Å². The number of halogens is 2. The average molecular weight is 221 g/mol. The zero-order valence-electron chi connectivity index (χ0n) is 7.43. The normalized spacial score (nSPS) is 10.2. The number of methoxy groups -OCH3 is 2. The van der Waals surface area contributed by atoms with Gasteiger partial charge in [0.2, 0.25) is 0 Å². The van der Waals surface area contributed by atoms with Gasteiger partial charge in [0.05, 0.1) is 18.7 Å². The van der Waals surface area contributed by atoms with Crippen LogP contribution in [0.3, 0.4) is 0 Å². The van der Waals surface area contributed by atoms with E-state index in [0.717, 1.165) is 5.56 Å². The summed E-state index contributed by atoms with van der Waals surface area (Å²) < 4.78 is 10.1. The van der Waals surface area contributed by atoms with Crippen molar-refractivity contribution in [3.63, 3.8) is 0 Å². The molecule has 1 aromatic rings. The molecule has 0 amide bonds. The van der Waals surface area contributed by atoms with Crippen LogP contribution in [0.15, 0.2) is 12.1 Å². The van der Waals surface area contributed by atoms with Gasteiger partial charge in [-0.1, -0.05) is 23.2 Å². The van der Waals surface area contributed by atoms with Crippen LogP contribution < -0.4 is 4.74 Å². The summed E-state index contributed by atoms with van der Waals surface area (Å²) in [5.74, 6) is 0.618. The number of rotatable bonds is 3. The van der Waals surface area contributed by atoms with Crippen LogP contribution in [0.4, 0.5) is 0 Å². The lowest BCUT2D eigenvalue weighted by molar-refractivity contribution is 0.181. The first-order valence-corrected chi connectivity index (χ1v) is 4.45. The molecule has 0 unspecified atom stereocenters. The van der Waals surface area contributed by atoms with Gasteiger partial charge < -0.3 is 9.47 Å². The predicted molar refractivity (Wildman–Crippen MR) is 53.7 cm³/mol. The highest BCUT2D eigenvalue weighted by Gasteiger charge is 2.08. The monoisotopic (exact) mass is 220 g/mol. The van der Waals surface area contributed by atoms with Gasteiger partial charge in [-0.15, -0.1) is 0 Å². The second-order valence-corrected chi connectivity index (χ2v) is 3.36. The average Bonchev–Trinajstić information content (AvgIpc) is 2.04. The Kier molecular flexibility index (Phi) is 3.85. The Morgan fingerprint density at radius 1 is 1.23 bits per heavy atom. The zero-order valence-corrected chi connectivity index (χ0v) is 8.95. The Balaban J connectivity index is 3.13. The molecule has 0 aliphatic heterocycles. The van der Waals surface area contributed by atoms with Gasteiger partial charge >= 0.3 is 0 Å². The van der Waals surface area contributed by atoms with Gasteiger partial charge in [-0.2, -0.15) is 0 Å². The van der Waals surface area contributed by atoms with E-state index in [-0.39, 0.29) is 0 Å². The summed E-state index contributed by atoms with van der Waals surface area (Å²) in [7, 11) is 3.17. The summed E-state index contributed by atoms with van der Waals surface area (Å²) in [5, 5.41) is 1.08. The largest absolute Gasteiger partial charge is 0.495 e. The molecule has 0 N–H and O–H groups in total. The fraction of sp³-hybridized carbons (Fsp3) is 0.333. The van der Waals surface area contributed by atoms with Crippen LogP contribution in [-0.2, 0) is 11.3 Å². The molecule has 1 aromatic carbocycles. The van der Waals surface area contributed by atoms with E-state index in [1.54, 1.807) is 26.4 Å². The number of benzene rings is 1. The number of hydrogen-bond acceptors (Lipinski definition) is 2. The maximum Gasteiger partial charge on any atom is 0.143 e. The second-order valence-electron chi connectivity index (χ2n) is 2.51. The summed E-state index contributed by atoms with van der Waals surface area (Å²) in [6, 6.07) is 3.41. The van der Waals surface area contributed by atoms with Crippen LogP contribution in [0.5, 0.6) is 5.75 Å². The van der Waals surface area contributed by atoms with E-state index < -0.39 is 0 Å². The molecule has 0 aliphatic rings. The van der Waals surface area contributed by atoms with Crippen molar-refractivity contribution in [3.8, 4) is 5.75 Å². The number of ether oxygens (including phenoxy) is 2. The fourth-order valence-corrected chi connectivity index (χ4v) is 1.72. The molecule has 0 spiro atoms. The van der Waals surface area contributed by atoms with Gasteiger partial charge in [0.25, 0.3) is 0 Å². The number of hydrogen-bond donors (Lipinski definition) is 0. The molecule has 0 saturated carbocycles. The molecular formula is C9H10Cl2O2. The molecule has 0 bridgehead atoms. The smallest absolute Gasteiger partial charge is 0.143 e. The Bertz CT molecular complexity index is 300. The third-order valence-corrected chi connectivity index (χ3v) is 2.09. The van der Waals surface area contributed by atoms with Crippen LogP contribution >= 0.6 is 23.2 Å². The molecule has 13 heavy (non-hydrogen) atoms. The van der Waals surface area contributed by atoms with Crippen LogP contribution in [0, 0.1) is 0 Å². The van der Waals surface area contributed by atoms with E-state index in [4.69, 9.17) is 32.7 Å². The molecule has 4 heteroatoms. The van der Waals surface area contributed by atoms with Gasteiger partial charge in [-0.25, -0.2) is 0 Å². The minimum absolute atomic E-state index is 0.434. The van der Waals surface area contributed by atoms with Gasteiger partial charge in [-0.05, 0) is 12.1 Å². The highest BCUT2D eigenvalue weighted by Crippen LogP contribution is 2.32. The van der Waals surface area contributed by atoms with E-state index in [9.17, 15) is 0 Å². The SMILES string of the molecule is COCc1cc(Cl)cc(Cl)c1OC. The molecule has 0 atom stereocenters. The zero-order chi connectivity index (χ0) is 9.84. The van der Waals surface area contributed by atoms with E-state index >= 15 is 0 Å². The summed E-state index contributed by atoms with van der Waals surface area (Å²) in [4.78, 5) is 0.